The highest BCUT2D eigenvalue weighted by atomic mass is 16.5. The molecule has 3 aliphatic rings. The van der Waals surface area contributed by atoms with Crippen molar-refractivity contribution < 1.29 is 4.52 Å². The van der Waals surface area contributed by atoms with Crippen LogP contribution in [0.25, 0.3) is 0 Å². The van der Waals surface area contributed by atoms with E-state index in [0.717, 1.165) is 32.0 Å². The van der Waals surface area contributed by atoms with Gasteiger partial charge in [0.2, 0.25) is 0 Å². The quantitative estimate of drug-likeness (QED) is 0.839. The maximum Gasteiger partial charge on any atom is 0.324 e. The standard InChI is InChI=1S/C17H26N6O/c1-13-20-16(24-21-13)23-11-17(12-23)9-15(10-17)22-7-3-14(4-8-22)19-6-2-5-18/h2,5-6,14-15H,3-4,7-12,18H2,1H3/b5-2-,19-6?. The van der Waals surface area contributed by atoms with Gasteiger partial charge >= 0.3 is 6.01 Å². The molecule has 0 aromatic carbocycles. The van der Waals surface area contributed by atoms with Gasteiger partial charge in [0.1, 0.15) is 0 Å². The summed E-state index contributed by atoms with van der Waals surface area (Å²) in [6, 6.07) is 1.91. The molecule has 0 radical (unpaired) electrons. The summed E-state index contributed by atoms with van der Waals surface area (Å²) in [5.41, 5.74) is 5.82. The van der Waals surface area contributed by atoms with Gasteiger partial charge in [-0.3, -0.25) is 4.99 Å². The Bertz CT molecular complexity index is 617. The van der Waals surface area contributed by atoms with Gasteiger partial charge in [0.25, 0.3) is 0 Å². The van der Waals surface area contributed by atoms with E-state index >= 15 is 0 Å². The lowest BCUT2D eigenvalue weighted by Crippen LogP contribution is -2.67. The van der Waals surface area contributed by atoms with Gasteiger partial charge in [0, 0.05) is 43.9 Å². The number of nitrogens with two attached hydrogens (primary N) is 1. The lowest BCUT2D eigenvalue weighted by atomic mass is 9.60. The van der Waals surface area contributed by atoms with Crippen molar-refractivity contribution in [2.24, 2.45) is 16.1 Å². The van der Waals surface area contributed by atoms with Crippen LogP contribution in [0.3, 0.4) is 0 Å². The maximum atomic E-state index is 5.33. The fraction of sp³-hybridized carbons (Fsp3) is 0.706. The summed E-state index contributed by atoms with van der Waals surface area (Å²) >= 11 is 0. The lowest BCUT2D eigenvalue weighted by Gasteiger charge is -2.61. The van der Waals surface area contributed by atoms with Gasteiger partial charge in [0.05, 0.1) is 6.04 Å². The monoisotopic (exact) mass is 330 g/mol. The lowest BCUT2D eigenvalue weighted by molar-refractivity contribution is -0.0301. The van der Waals surface area contributed by atoms with E-state index in [4.69, 9.17) is 10.3 Å². The van der Waals surface area contributed by atoms with Crippen molar-refractivity contribution in [1.82, 2.24) is 15.0 Å². The van der Waals surface area contributed by atoms with E-state index in [1.807, 2.05) is 13.1 Å². The molecule has 3 fully saturated rings. The molecule has 2 N–H and O–H groups in total. The summed E-state index contributed by atoms with van der Waals surface area (Å²) in [5, 5.41) is 3.87. The summed E-state index contributed by atoms with van der Waals surface area (Å²) in [6.07, 6.45) is 10.1. The minimum Gasteiger partial charge on any atom is -0.405 e. The van der Waals surface area contributed by atoms with Crippen molar-refractivity contribution in [2.45, 2.75) is 44.7 Å². The molecule has 1 aliphatic carbocycles. The highest BCUT2D eigenvalue weighted by Gasteiger charge is 2.55. The minimum atomic E-state index is 0.464. The van der Waals surface area contributed by atoms with Crippen LogP contribution in [0.5, 0.6) is 0 Å². The molecular formula is C17H26N6O. The molecule has 0 unspecified atom stereocenters. The Morgan fingerprint density at radius 1 is 1.29 bits per heavy atom. The van der Waals surface area contributed by atoms with Crippen LogP contribution in [0.1, 0.15) is 31.5 Å². The van der Waals surface area contributed by atoms with Crippen LogP contribution in [0.4, 0.5) is 6.01 Å². The molecule has 1 aromatic heterocycles. The predicted molar refractivity (Wildman–Crippen MR) is 93.1 cm³/mol. The van der Waals surface area contributed by atoms with E-state index in [2.05, 4.69) is 24.9 Å². The molecule has 7 nitrogen and oxygen atoms in total. The van der Waals surface area contributed by atoms with Gasteiger partial charge in [-0.25, -0.2) is 0 Å². The van der Waals surface area contributed by atoms with Gasteiger partial charge in [0.15, 0.2) is 5.82 Å². The number of allylic oxidation sites excluding steroid dienone is 1. The first kappa shape index (κ1) is 15.6. The molecule has 2 saturated heterocycles. The van der Waals surface area contributed by atoms with E-state index in [9.17, 15) is 0 Å². The second-order valence-electron chi connectivity index (χ2n) is 7.49. The van der Waals surface area contributed by atoms with Crippen LogP contribution in [0.15, 0.2) is 21.8 Å². The first-order chi connectivity index (χ1) is 11.7. The van der Waals surface area contributed by atoms with Crippen LogP contribution in [-0.4, -0.2) is 59.5 Å². The van der Waals surface area contributed by atoms with Crippen LogP contribution in [0.2, 0.25) is 0 Å². The zero-order chi connectivity index (χ0) is 16.6. The molecule has 130 valence electrons. The third kappa shape index (κ3) is 2.92. The van der Waals surface area contributed by atoms with Crippen molar-refractivity contribution in [3.8, 4) is 0 Å². The zero-order valence-corrected chi connectivity index (χ0v) is 14.3. The van der Waals surface area contributed by atoms with Crippen molar-refractivity contribution in [1.29, 1.82) is 0 Å². The van der Waals surface area contributed by atoms with Crippen LogP contribution in [-0.2, 0) is 0 Å². The van der Waals surface area contributed by atoms with Gasteiger partial charge < -0.3 is 20.1 Å². The number of likely N-dealkylation sites (tertiary alicyclic amines) is 1. The summed E-state index contributed by atoms with van der Waals surface area (Å²) in [7, 11) is 0. The molecule has 2 aliphatic heterocycles. The van der Waals surface area contributed by atoms with Gasteiger partial charge in [-0.2, -0.15) is 4.98 Å². The largest absolute Gasteiger partial charge is 0.405 e. The Morgan fingerprint density at radius 3 is 2.67 bits per heavy atom. The second kappa shape index (κ2) is 6.20. The van der Waals surface area contributed by atoms with Gasteiger partial charge in [-0.05, 0) is 44.9 Å². The molecule has 3 heterocycles. The topological polar surface area (TPSA) is 83.8 Å². The maximum absolute atomic E-state index is 5.33. The first-order valence-electron chi connectivity index (χ1n) is 8.87. The number of aliphatic imine (C=N–C) groups is 1. The second-order valence-corrected chi connectivity index (χ2v) is 7.49. The number of aromatic nitrogens is 2. The fourth-order valence-electron chi connectivity index (χ4n) is 4.39. The highest BCUT2D eigenvalue weighted by Crippen LogP contribution is 2.51. The average molecular weight is 330 g/mol. The van der Waals surface area contributed by atoms with Gasteiger partial charge in [-0.1, -0.05) is 5.16 Å². The Morgan fingerprint density at radius 2 is 2.04 bits per heavy atom. The van der Waals surface area contributed by atoms with Crippen molar-refractivity contribution >= 4 is 12.2 Å². The number of hydrogen-bond acceptors (Lipinski definition) is 7. The molecule has 1 spiro atoms. The smallest absolute Gasteiger partial charge is 0.324 e. The highest BCUT2D eigenvalue weighted by molar-refractivity contribution is 5.70. The van der Waals surface area contributed by atoms with E-state index < -0.39 is 0 Å². The van der Waals surface area contributed by atoms with E-state index in [0.29, 0.717) is 23.3 Å². The fourth-order valence-corrected chi connectivity index (χ4v) is 4.39. The molecule has 1 saturated carbocycles. The number of aryl methyl sites for hydroxylation is 1. The summed E-state index contributed by atoms with van der Waals surface area (Å²) in [4.78, 5) is 13.8. The minimum absolute atomic E-state index is 0.464. The number of nitrogens with zero attached hydrogens (tertiary/aromatic N) is 5. The number of anilines is 1. The summed E-state index contributed by atoms with van der Waals surface area (Å²) < 4.78 is 5.25. The molecular weight excluding hydrogens is 304 g/mol. The Balaban J connectivity index is 1.20. The van der Waals surface area contributed by atoms with Crippen molar-refractivity contribution in [2.75, 3.05) is 31.1 Å². The van der Waals surface area contributed by atoms with E-state index in [1.165, 1.54) is 32.1 Å². The predicted octanol–water partition coefficient (Wildman–Crippen LogP) is 1.35. The normalized spacial score (nSPS) is 25.6. The number of piperidine rings is 1. The van der Waals surface area contributed by atoms with Crippen molar-refractivity contribution in [3.05, 3.63) is 18.1 Å². The molecule has 4 rings (SSSR count). The third-order valence-corrected chi connectivity index (χ3v) is 5.69. The van der Waals surface area contributed by atoms with E-state index in [1.54, 1.807) is 6.08 Å². The first-order valence-corrected chi connectivity index (χ1v) is 8.87. The Kier molecular flexibility index (Phi) is 4.04. The Hall–Kier alpha value is -1.89. The number of rotatable bonds is 4. The molecule has 0 atom stereocenters. The van der Waals surface area contributed by atoms with E-state index in [-0.39, 0.29) is 0 Å². The molecule has 7 heteroatoms. The molecule has 0 amide bonds. The molecule has 0 bridgehead atoms. The summed E-state index contributed by atoms with van der Waals surface area (Å²) in [5.74, 6) is 0.713. The average Bonchev–Trinajstić information content (AvgIpc) is 2.92. The van der Waals surface area contributed by atoms with Crippen LogP contribution < -0.4 is 10.6 Å². The van der Waals surface area contributed by atoms with Crippen LogP contribution >= 0.6 is 0 Å². The molecule has 1 aromatic rings. The SMILES string of the molecule is Cc1noc(N2CC3(CC(N4CCC(N=C/C=C\N)CC4)C3)C2)n1. The third-order valence-electron chi connectivity index (χ3n) is 5.69. The summed E-state index contributed by atoms with van der Waals surface area (Å²) in [6.45, 7) is 6.33. The Labute approximate surface area is 142 Å². The van der Waals surface area contributed by atoms with Crippen LogP contribution in [0, 0.1) is 12.3 Å². The van der Waals surface area contributed by atoms with Gasteiger partial charge in [-0.15, -0.1) is 0 Å². The van der Waals surface area contributed by atoms with Crippen molar-refractivity contribution in [3.63, 3.8) is 0 Å². The zero-order valence-electron chi connectivity index (χ0n) is 14.3. The molecule has 24 heavy (non-hydrogen) atoms. The number of hydrogen-bond donors (Lipinski definition) is 1.